The van der Waals surface area contributed by atoms with Crippen LogP contribution in [-0.4, -0.2) is 14.5 Å². The molecule has 104 valence electrons. The monoisotopic (exact) mass is 277 g/mol. The number of benzene rings is 2. The fourth-order valence-electron chi connectivity index (χ4n) is 3.13. The zero-order chi connectivity index (χ0) is 14.6. The van der Waals surface area contributed by atoms with Crippen molar-refractivity contribution in [2.75, 3.05) is 0 Å². The van der Waals surface area contributed by atoms with Crippen LogP contribution in [-0.2, 0) is 14.1 Å². The van der Waals surface area contributed by atoms with Crippen LogP contribution in [0.2, 0.25) is 0 Å². The molecule has 0 radical (unpaired) electrons. The average molecular weight is 277 g/mol. The van der Waals surface area contributed by atoms with Crippen LogP contribution in [0.1, 0.15) is 5.56 Å². The standard InChI is InChI=1S/C17H17N4/c1-12-10-14-13-6-4-5-7-15(13)19(2)17(14)11-16(12)21-9-8-18-20(21)3/h4-11H,1-3H3/q+1. The number of rotatable bonds is 1. The van der Waals surface area contributed by atoms with E-state index in [0.29, 0.717) is 0 Å². The van der Waals surface area contributed by atoms with Gasteiger partial charge in [-0.3, -0.25) is 0 Å². The first-order valence-electron chi connectivity index (χ1n) is 7.05. The molecular weight excluding hydrogens is 260 g/mol. The number of fused-ring (bicyclic) bond motifs is 3. The molecule has 0 aliphatic rings. The summed E-state index contributed by atoms with van der Waals surface area (Å²) >= 11 is 0. The maximum atomic E-state index is 4.25. The summed E-state index contributed by atoms with van der Waals surface area (Å²) in [5, 5.41) is 6.86. The Bertz CT molecular complexity index is 975. The fourth-order valence-corrected chi connectivity index (χ4v) is 3.13. The van der Waals surface area contributed by atoms with Crippen LogP contribution >= 0.6 is 0 Å². The topological polar surface area (TPSA) is 26.6 Å². The van der Waals surface area contributed by atoms with Gasteiger partial charge in [0.2, 0.25) is 6.20 Å². The van der Waals surface area contributed by atoms with Crippen molar-refractivity contribution in [2.24, 2.45) is 14.1 Å². The van der Waals surface area contributed by atoms with Gasteiger partial charge in [0.25, 0.3) is 0 Å². The van der Waals surface area contributed by atoms with Gasteiger partial charge in [0.05, 0.1) is 12.6 Å². The van der Waals surface area contributed by atoms with Crippen molar-refractivity contribution in [3.8, 4) is 5.69 Å². The highest BCUT2D eigenvalue weighted by molar-refractivity contribution is 6.08. The lowest BCUT2D eigenvalue weighted by atomic mass is 10.1. The summed E-state index contributed by atoms with van der Waals surface area (Å²) in [6, 6.07) is 13.1. The molecule has 4 aromatic rings. The third kappa shape index (κ3) is 1.62. The van der Waals surface area contributed by atoms with Crippen LogP contribution in [0.5, 0.6) is 0 Å². The highest BCUT2D eigenvalue weighted by Crippen LogP contribution is 2.30. The first-order chi connectivity index (χ1) is 10.2. The third-order valence-corrected chi connectivity index (χ3v) is 4.23. The number of aromatic nitrogens is 4. The molecule has 4 rings (SSSR count). The van der Waals surface area contributed by atoms with E-state index in [0.717, 1.165) is 5.69 Å². The number of hydrogen-bond donors (Lipinski definition) is 0. The molecule has 0 fully saturated rings. The van der Waals surface area contributed by atoms with Crippen molar-refractivity contribution in [3.05, 3.63) is 54.4 Å². The minimum atomic E-state index is 1.16. The fraction of sp³-hybridized carbons (Fsp3) is 0.176. The van der Waals surface area contributed by atoms with E-state index in [2.05, 4.69) is 64.7 Å². The van der Waals surface area contributed by atoms with Crippen LogP contribution in [0.15, 0.2) is 48.8 Å². The lowest BCUT2D eigenvalue weighted by Crippen LogP contribution is -2.39. The Balaban J connectivity index is 2.13. The van der Waals surface area contributed by atoms with Crippen molar-refractivity contribution in [1.29, 1.82) is 0 Å². The van der Waals surface area contributed by atoms with E-state index in [1.54, 1.807) is 0 Å². The summed E-state index contributed by atoms with van der Waals surface area (Å²) in [5.41, 5.74) is 4.91. The van der Waals surface area contributed by atoms with Crippen LogP contribution in [0.3, 0.4) is 0 Å². The molecule has 0 saturated heterocycles. The Morgan fingerprint density at radius 2 is 1.81 bits per heavy atom. The molecule has 4 nitrogen and oxygen atoms in total. The van der Waals surface area contributed by atoms with Gasteiger partial charge in [-0.15, -0.1) is 4.68 Å². The SMILES string of the molecule is Cc1cc2c3ccccc3n(C)c2cc1-[n+]1ccnn1C. The van der Waals surface area contributed by atoms with Crippen molar-refractivity contribution < 1.29 is 4.68 Å². The Morgan fingerprint density at radius 3 is 2.57 bits per heavy atom. The van der Waals surface area contributed by atoms with Crippen molar-refractivity contribution >= 4 is 21.8 Å². The zero-order valence-electron chi connectivity index (χ0n) is 12.4. The van der Waals surface area contributed by atoms with Crippen LogP contribution in [0.4, 0.5) is 0 Å². The van der Waals surface area contributed by atoms with Crippen LogP contribution < -0.4 is 4.68 Å². The smallest absolute Gasteiger partial charge is 0.206 e. The van der Waals surface area contributed by atoms with E-state index in [-0.39, 0.29) is 0 Å². The Labute approximate surface area is 122 Å². The lowest BCUT2D eigenvalue weighted by molar-refractivity contribution is -0.688. The molecule has 4 heteroatoms. The molecular formula is C17H17N4+. The summed E-state index contributed by atoms with van der Waals surface area (Å²) in [7, 11) is 4.07. The van der Waals surface area contributed by atoms with E-state index in [1.807, 2.05) is 24.2 Å². The van der Waals surface area contributed by atoms with Gasteiger partial charge in [-0.25, -0.2) is 0 Å². The van der Waals surface area contributed by atoms with Gasteiger partial charge in [0, 0.05) is 34.5 Å². The van der Waals surface area contributed by atoms with E-state index >= 15 is 0 Å². The maximum absolute atomic E-state index is 4.25. The summed E-state index contributed by atoms with van der Waals surface area (Å²) in [6.45, 7) is 2.15. The molecule has 2 heterocycles. The predicted octanol–water partition coefficient (Wildman–Crippen LogP) is 2.65. The quantitative estimate of drug-likeness (QED) is 0.491. The van der Waals surface area contributed by atoms with Gasteiger partial charge >= 0.3 is 0 Å². The zero-order valence-corrected chi connectivity index (χ0v) is 12.4. The number of para-hydroxylation sites is 1. The molecule has 0 spiro atoms. The first kappa shape index (κ1) is 12.1. The predicted molar refractivity (Wildman–Crippen MR) is 83.5 cm³/mol. The third-order valence-electron chi connectivity index (χ3n) is 4.23. The van der Waals surface area contributed by atoms with Crippen LogP contribution in [0, 0.1) is 6.92 Å². The van der Waals surface area contributed by atoms with Gasteiger partial charge in [-0.1, -0.05) is 18.2 Å². The molecule has 0 unspecified atom stereocenters. The summed E-state index contributed by atoms with van der Waals surface area (Å²) in [4.78, 5) is 1.84. The second-order valence-electron chi connectivity index (χ2n) is 5.48. The van der Waals surface area contributed by atoms with Gasteiger partial charge in [0.15, 0.2) is 11.9 Å². The van der Waals surface area contributed by atoms with Gasteiger partial charge in [-0.05, 0) is 29.4 Å². The molecule has 0 aliphatic carbocycles. The van der Waals surface area contributed by atoms with E-state index < -0.39 is 0 Å². The van der Waals surface area contributed by atoms with E-state index in [4.69, 9.17) is 0 Å². The highest BCUT2D eigenvalue weighted by Gasteiger charge is 2.15. The van der Waals surface area contributed by atoms with Crippen molar-refractivity contribution in [3.63, 3.8) is 0 Å². The molecule has 0 saturated carbocycles. The van der Waals surface area contributed by atoms with Crippen molar-refractivity contribution in [2.45, 2.75) is 6.92 Å². The summed E-state index contributed by atoms with van der Waals surface area (Å²) in [6.07, 6.45) is 3.79. The average Bonchev–Trinajstić information content (AvgIpc) is 3.02. The van der Waals surface area contributed by atoms with Gasteiger partial charge < -0.3 is 4.57 Å². The maximum Gasteiger partial charge on any atom is 0.206 e. The second kappa shape index (κ2) is 4.19. The lowest BCUT2D eigenvalue weighted by Gasteiger charge is -2.05. The van der Waals surface area contributed by atoms with Crippen molar-refractivity contribution in [1.82, 2.24) is 14.5 Å². The normalized spacial score (nSPS) is 11.6. The Hall–Kier alpha value is -2.62. The van der Waals surface area contributed by atoms with Crippen LogP contribution in [0.25, 0.3) is 27.5 Å². The molecule has 0 aliphatic heterocycles. The van der Waals surface area contributed by atoms with Gasteiger partial charge in [0.1, 0.15) is 0 Å². The van der Waals surface area contributed by atoms with Gasteiger partial charge in [-0.2, -0.15) is 0 Å². The summed E-state index contributed by atoms with van der Waals surface area (Å²) in [5.74, 6) is 0. The molecule has 0 amide bonds. The largest absolute Gasteiger partial charge is 0.343 e. The number of aryl methyl sites for hydroxylation is 3. The Morgan fingerprint density at radius 1 is 1.00 bits per heavy atom. The Kier molecular flexibility index (Phi) is 2.42. The highest BCUT2D eigenvalue weighted by atomic mass is 15.5. The molecule has 0 bridgehead atoms. The molecule has 0 N–H and O–H groups in total. The first-order valence-corrected chi connectivity index (χ1v) is 7.05. The second-order valence-corrected chi connectivity index (χ2v) is 5.48. The molecule has 21 heavy (non-hydrogen) atoms. The summed E-state index contributed by atoms with van der Waals surface area (Å²) < 4.78 is 4.32. The molecule has 0 atom stereocenters. The minimum Gasteiger partial charge on any atom is -0.343 e. The molecule has 2 aromatic carbocycles. The van der Waals surface area contributed by atoms with E-state index in [1.165, 1.54) is 27.4 Å². The number of hydrogen-bond acceptors (Lipinski definition) is 1. The van der Waals surface area contributed by atoms with E-state index in [9.17, 15) is 0 Å². The number of nitrogens with zero attached hydrogens (tertiary/aromatic N) is 4. The minimum absolute atomic E-state index is 1.16. The molecule has 2 aromatic heterocycles.